The second-order valence-electron chi connectivity index (χ2n) is 7.68. The Bertz CT molecular complexity index is 636. The van der Waals surface area contributed by atoms with E-state index < -0.39 is 48.3 Å². The van der Waals surface area contributed by atoms with Crippen LogP contribution >= 0.6 is 47.0 Å². The molecule has 36 heavy (non-hydrogen) atoms. The summed E-state index contributed by atoms with van der Waals surface area (Å²) in [5, 5.41) is 0. The SMILES string of the molecule is CC(=O)OC1CSC/C=C/CSC[C@@H](OC(C)=O)[C@H](OC(C)=O)CSC/C=C/CSC[C@H]1OC(C)=O. The van der Waals surface area contributed by atoms with Gasteiger partial charge in [-0.15, -0.1) is 0 Å². The standard InChI is InChI=1S/C24H36O8S4/c1-17(25)29-21-13-33-9-5-6-11-35-15-23(31-19(3)27)24(32-20(4)28)16-36-12-8-7-10-34-14-22(21)30-18(2)26/h5-8,21-24H,9-16H2,1-4H3/b6-5+,8-7+/t21-,22-,23-,24?/m1/s1. The van der Waals surface area contributed by atoms with E-state index in [-0.39, 0.29) is 0 Å². The van der Waals surface area contributed by atoms with Gasteiger partial charge in [-0.05, 0) is 0 Å². The highest BCUT2D eigenvalue weighted by Crippen LogP contribution is 2.20. The minimum absolute atomic E-state index is 0.407. The van der Waals surface area contributed by atoms with Gasteiger partial charge in [0.15, 0.2) is 0 Å². The van der Waals surface area contributed by atoms with E-state index in [1.54, 1.807) is 47.0 Å². The fraction of sp³-hybridized carbons (Fsp3) is 0.667. The normalized spacial score (nSPS) is 27.0. The molecule has 0 aromatic rings. The first-order chi connectivity index (χ1) is 17.2. The zero-order valence-corrected chi connectivity index (χ0v) is 24.4. The number of ether oxygens (including phenoxy) is 4. The topological polar surface area (TPSA) is 105 Å². The summed E-state index contributed by atoms with van der Waals surface area (Å²) in [7, 11) is 0. The van der Waals surface area contributed by atoms with E-state index in [1.807, 2.05) is 24.3 Å². The predicted octanol–water partition coefficient (Wildman–Crippen LogP) is 3.77. The number of hydrogen-bond donors (Lipinski definition) is 0. The van der Waals surface area contributed by atoms with Crippen molar-refractivity contribution in [2.45, 2.75) is 52.1 Å². The van der Waals surface area contributed by atoms with Crippen molar-refractivity contribution in [3.05, 3.63) is 24.3 Å². The smallest absolute Gasteiger partial charge is 0.303 e. The molecule has 0 saturated heterocycles. The third-order valence-corrected chi connectivity index (χ3v) is 8.39. The molecule has 204 valence electrons. The number of esters is 4. The van der Waals surface area contributed by atoms with Crippen LogP contribution in [0.15, 0.2) is 24.3 Å². The Labute approximate surface area is 230 Å². The van der Waals surface area contributed by atoms with Gasteiger partial charge in [-0.2, -0.15) is 47.0 Å². The molecule has 1 heterocycles. The lowest BCUT2D eigenvalue weighted by Crippen LogP contribution is -2.38. The van der Waals surface area contributed by atoms with E-state index in [9.17, 15) is 19.2 Å². The van der Waals surface area contributed by atoms with Crippen LogP contribution in [0.25, 0.3) is 0 Å². The maximum atomic E-state index is 11.6. The number of rotatable bonds is 4. The second-order valence-corrected chi connectivity index (χ2v) is 12.0. The molecule has 0 spiro atoms. The molecule has 1 aliphatic rings. The first-order valence-electron chi connectivity index (χ1n) is 11.5. The van der Waals surface area contributed by atoms with Crippen molar-refractivity contribution in [3.8, 4) is 0 Å². The van der Waals surface area contributed by atoms with Crippen LogP contribution in [-0.4, -0.2) is 94.3 Å². The Hall–Kier alpha value is -1.24. The van der Waals surface area contributed by atoms with Crippen molar-refractivity contribution in [1.82, 2.24) is 0 Å². The van der Waals surface area contributed by atoms with Crippen molar-refractivity contribution in [3.63, 3.8) is 0 Å². The van der Waals surface area contributed by atoms with Crippen LogP contribution in [-0.2, 0) is 38.1 Å². The Morgan fingerprint density at radius 1 is 0.472 bits per heavy atom. The van der Waals surface area contributed by atoms with Gasteiger partial charge >= 0.3 is 23.9 Å². The molecule has 1 unspecified atom stereocenters. The first-order valence-corrected chi connectivity index (χ1v) is 16.1. The maximum Gasteiger partial charge on any atom is 0.303 e. The first kappa shape index (κ1) is 32.8. The molecular weight excluding hydrogens is 545 g/mol. The van der Waals surface area contributed by atoms with E-state index in [2.05, 4.69) is 0 Å². The van der Waals surface area contributed by atoms with Crippen molar-refractivity contribution < 1.29 is 38.1 Å². The minimum Gasteiger partial charge on any atom is -0.458 e. The van der Waals surface area contributed by atoms with Crippen LogP contribution in [0, 0.1) is 0 Å². The van der Waals surface area contributed by atoms with E-state index >= 15 is 0 Å². The summed E-state index contributed by atoms with van der Waals surface area (Å²) in [4.78, 5) is 46.6. The Kier molecular flexibility index (Phi) is 18.0. The summed E-state index contributed by atoms with van der Waals surface area (Å²) in [5.41, 5.74) is 0. The molecule has 1 rings (SSSR count). The molecule has 0 amide bonds. The average molecular weight is 581 g/mol. The molecule has 1 aliphatic heterocycles. The van der Waals surface area contributed by atoms with Crippen molar-refractivity contribution in [2.75, 3.05) is 46.0 Å². The summed E-state index contributed by atoms with van der Waals surface area (Å²) >= 11 is 6.33. The molecular formula is C24H36O8S4. The van der Waals surface area contributed by atoms with E-state index in [4.69, 9.17) is 18.9 Å². The van der Waals surface area contributed by atoms with Gasteiger partial charge < -0.3 is 18.9 Å². The summed E-state index contributed by atoms with van der Waals surface area (Å²) in [5.74, 6) is 3.16. The molecule has 0 saturated carbocycles. The monoisotopic (exact) mass is 580 g/mol. The van der Waals surface area contributed by atoms with Gasteiger partial charge in [-0.1, -0.05) is 24.3 Å². The highest BCUT2D eigenvalue weighted by Gasteiger charge is 2.28. The zero-order valence-electron chi connectivity index (χ0n) is 21.2. The molecule has 0 aromatic carbocycles. The third kappa shape index (κ3) is 16.5. The fourth-order valence-corrected chi connectivity index (χ4v) is 6.70. The van der Waals surface area contributed by atoms with Gasteiger partial charge in [-0.3, -0.25) is 19.2 Å². The predicted molar refractivity (Wildman–Crippen MR) is 150 cm³/mol. The van der Waals surface area contributed by atoms with E-state index in [1.165, 1.54) is 27.7 Å². The second kappa shape index (κ2) is 19.8. The minimum atomic E-state index is -0.528. The highest BCUT2D eigenvalue weighted by molar-refractivity contribution is 8.00. The molecule has 0 aromatic heterocycles. The third-order valence-electron chi connectivity index (χ3n) is 4.42. The van der Waals surface area contributed by atoms with Crippen molar-refractivity contribution >= 4 is 70.9 Å². The number of hydrogen-bond acceptors (Lipinski definition) is 12. The molecule has 12 heteroatoms. The summed E-state index contributed by atoms with van der Waals surface area (Å²) in [6.07, 6.45) is 5.95. The van der Waals surface area contributed by atoms with Gasteiger partial charge in [-0.25, -0.2) is 0 Å². The number of carbonyl (C=O) groups excluding carboxylic acids is 4. The number of carbonyl (C=O) groups is 4. The molecule has 0 aliphatic carbocycles. The van der Waals surface area contributed by atoms with Crippen molar-refractivity contribution in [2.24, 2.45) is 0 Å². The molecule has 8 nitrogen and oxygen atoms in total. The molecule has 0 radical (unpaired) electrons. The average Bonchev–Trinajstić information content (AvgIpc) is 2.77. The highest BCUT2D eigenvalue weighted by atomic mass is 32.2. The van der Waals surface area contributed by atoms with Gasteiger partial charge in [0, 0.05) is 73.7 Å². The van der Waals surface area contributed by atoms with Crippen LogP contribution in [0.2, 0.25) is 0 Å². The quantitative estimate of drug-likeness (QED) is 0.275. The van der Waals surface area contributed by atoms with Crippen molar-refractivity contribution in [1.29, 1.82) is 0 Å². The summed E-state index contributed by atoms with van der Waals surface area (Å²) in [6, 6.07) is 0. The van der Waals surface area contributed by atoms with Crippen LogP contribution in [0.3, 0.4) is 0 Å². The Morgan fingerprint density at radius 3 is 0.833 bits per heavy atom. The lowest BCUT2D eigenvalue weighted by atomic mass is 10.2. The van der Waals surface area contributed by atoms with Crippen LogP contribution in [0.5, 0.6) is 0 Å². The van der Waals surface area contributed by atoms with E-state index in [0.717, 1.165) is 0 Å². The van der Waals surface area contributed by atoms with Gasteiger partial charge in [0.25, 0.3) is 0 Å². The summed E-state index contributed by atoms with van der Waals surface area (Å²) in [6.45, 7) is 5.41. The largest absolute Gasteiger partial charge is 0.458 e. The molecule has 4 atom stereocenters. The Morgan fingerprint density at radius 2 is 0.667 bits per heavy atom. The zero-order chi connectivity index (χ0) is 26.8. The Balaban J connectivity index is 2.90. The fourth-order valence-electron chi connectivity index (χ4n) is 3.00. The van der Waals surface area contributed by atoms with Crippen LogP contribution in [0.4, 0.5) is 0 Å². The van der Waals surface area contributed by atoms with Gasteiger partial charge in [0.2, 0.25) is 0 Å². The maximum absolute atomic E-state index is 11.6. The van der Waals surface area contributed by atoms with Gasteiger partial charge in [0.1, 0.15) is 24.4 Å². The number of thioether (sulfide) groups is 4. The lowest BCUT2D eigenvalue weighted by Gasteiger charge is -2.26. The van der Waals surface area contributed by atoms with Crippen LogP contribution in [0.1, 0.15) is 27.7 Å². The van der Waals surface area contributed by atoms with Gasteiger partial charge in [0.05, 0.1) is 0 Å². The van der Waals surface area contributed by atoms with E-state index in [0.29, 0.717) is 46.0 Å². The molecule has 0 fully saturated rings. The van der Waals surface area contributed by atoms with Crippen LogP contribution < -0.4 is 0 Å². The lowest BCUT2D eigenvalue weighted by molar-refractivity contribution is -0.161. The molecule has 0 N–H and O–H groups in total. The molecule has 0 bridgehead atoms. The summed E-state index contributed by atoms with van der Waals surface area (Å²) < 4.78 is 21.9.